The Morgan fingerprint density at radius 1 is 1.03 bits per heavy atom. The monoisotopic (exact) mass is 437 g/mol. The van der Waals surface area contributed by atoms with E-state index >= 15 is 0 Å². The summed E-state index contributed by atoms with van der Waals surface area (Å²) >= 11 is 0. The van der Waals surface area contributed by atoms with E-state index in [1.807, 2.05) is 24.3 Å². The molecule has 0 aliphatic carbocycles. The van der Waals surface area contributed by atoms with E-state index < -0.39 is 15.7 Å². The van der Waals surface area contributed by atoms with Gasteiger partial charge in [0.1, 0.15) is 5.75 Å². The summed E-state index contributed by atoms with van der Waals surface area (Å²) in [5.74, 6) is 0.790. The van der Waals surface area contributed by atoms with Crippen LogP contribution in [0.15, 0.2) is 71.8 Å². The molecule has 0 aliphatic heterocycles. The topological polar surface area (TPSA) is 115 Å². The lowest BCUT2D eigenvalue weighted by molar-refractivity contribution is 0.102. The van der Waals surface area contributed by atoms with Crippen LogP contribution in [0.25, 0.3) is 5.65 Å². The van der Waals surface area contributed by atoms with Crippen molar-refractivity contribution in [3.05, 3.63) is 72.6 Å². The molecule has 1 amide bonds. The number of ether oxygens (including phenoxy) is 1. The number of amides is 1. The van der Waals surface area contributed by atoms with Crippen LogP contribution in [0.3, 0.4) is 0 Å². The van der Waals surface area contributed by atoms with Gasteiger partial charge in [0.15, 0.2) is 27.0 Å². The molecular formula is C21H19N5O4S. The largest absolute Gasteiger partial charge is 0.497 e. The summed E-state index contributed by atoms with van der Waals surface area (Å²) in [5, 5.41) is 10.3. The minimum Gasteiger partial charge on any atom is -0.497 e. The molecule has 0 fully saturated rings. The lowest BCUT2D eigenvalue weighted by Gasteiger charge is -2.09. The van der Waals surface area contributed by atoms with Crippen LogP contribution in [0.5, 0.6) is 5.75 Å². The normalized spacial score (nSPS) is 11.3. The number of carbonyl (C=O) groups excluding carboxylic acids is 1. The molecule has 0 spiro atoms. The third-order valence-electron chi connectivity index (χ3n) is 4.48. The van der Waals surface area contributed by atoms with Gasteiger partial charge in [0.25, 0.3) is 5.91 Å². The second kappa shape index (κ2) is 8.07. The number of benzene rings is 2. The molecule has 2 heterocycles. The van der Waals surface area contributed by atoms with Crippen molar-refractivity contribution in [3.63, 3.8) is 0 Å². The van der Waals surface area contributed by atoms with E-state index in [-0.39, 0.29) is 10.6 Å². The Balaban J connectivity index is 1.59. The third-order valence-corrected chi connectivity index (χ3v) is 5.59. The second-order valence-electron chi connectivity index (χ2n) is 6.74. The van der Waals surface area contributed by atoms with E-state index in [0.29, 0.717) is 17.2 Å². The van der Waals surface area contributed by atoms with Gasteiger partial charge >= 0.3 is 0 Å². The van der Waals surface area contributed by atoms with Crippen LogP contribution in [-0.4, -0.2) is 42.3 Å². The number of sulfone groups is 1. The van der Waals surface area contributed by atoms with Crippen molar-refractivity contribution in [2.75, 3.05) is 24.0 Å². The summed E-state index contributed by atoms with van der Waals surface area (Å²) in [6.07, 6.45) is 2.52. The molecule has 9 nitrogen and oxygen atoms in total. The molecular weight excluding hydrogens is 418 g/mol. The fourth-order valence-corrected chi connectivity index (χ4v) is 3.58. The van der Waals surface area contributed by atoms with E-state index in [9.17, 15) is 13.2 Å². The van der Waals surface area contributed by atoms with Crippen molar-refractivity contribution in [2.45, 2.75) is 4.90 Å². The van der Waals surface area contributed by atoms with Gasteiger partial charge in [0.2, 0.25) is 0 Å². The Kier molecular flexibility index (Phi) is 5.30. The van der Waals surface area contributed by atoms with Crippen molar-refractivity contribution >= 4 is 38.6 Å². The van der Waals surface area contributed by atoms with Crippen molar-refractivity contribution in [1.82, 2.24) is 14.6 Å². The number of fused-ring (bicyclic) bond motifs is 1. The molecule has 2 N–H and O–H groups in total. The first kappa shape index (κ1) is 20.4. The zero-order valence-corrected chi connectivity index (χ0v) is 17.6. The van der Waals surface area contributed by atoms with Gasteiger partial charge in [0, 0.05) is 17.6 Å². The molecule has 0 unspecified atom stereocenters. The number of imidazole rings is 1. The van der Waals surface area contributed by atoms with Gasteiger partial charge in [0.05, 0.1) is 18.2 Å². The predicted molar refractivity (Wildman–Crippen MR) is 117 cm³/mol. The van der Waals surface area contributed by atoms with Crippen LogP contribution in [0, 0.1) is 0 Å². The van der Waals surface area contributed by atoms with Gasteiger partial charge in [-0.05, 0) is 54.6 Å². The van der Waals surface area contributed by atoms with Crippen LogP contribution in [0.1, 0.15) is 10.5 Å². The minimum absolute atomic E-state index is 0.118. The van der Waals surface area contributed by atoms with Gasteiger partial charge in [-0.25, -0.2) is 17.9 Å². The van der Waals surface area contributed by atoms with Crippen LogP contribution >= 0.6 is 0 Å². The number of rotatable bonds is 6. The van der Waals surface area contributed by atoms with E-state index in [1.54, 1.807) is 31.4 Å². The van der Waals surface area contributed by atoms with Crippen molar-refractivity contribution < 1.29 is 17.9 Å². The molecule has 0 atom stereocenters. The van der Waals surface area contributed by atoms with E-state index in [0.717, 1.165) is 17.7 Å². The fraction of sp³-hybridized carbons (Fsp3) is 0.0952. The Labute approximate surface area is 178 Å². The number of nitrogens with zero attached hydrogens (tertiary/aromatic N) is 3. The molecule has 4 aromatic rings. The Hall–Kier alpha value is -3.92. The van der Waals surface area contributed by atoms with Gasteiger partial charge in [-0.15, -0.1) is 5.10 Å². The summed E-state index contributed by atoms with van der Waals surface area (Å²) < 4.78 is 30.1. The lowest BCUT2D eigenvalue weighted by atomic mass is 10.3. The zero-order chi connectivity index (χ0) is 22.0. The zero-order valence-electron chi connectivity index (χ0n) is 16.7. The van der Waals surface area contributed by atoms with Gasteiger partial charge in [-0.2, -0.15) is 0 Å². The Morgan fingerprint density at radius 3 is 2.52 bits per heavy atom. The summed E-state index contributed by atoms with van der Waals surface area (Å²) in [4.78, 5) is 17.1. The van der Waals surface area contributed by atoms with Crippen molar-refractivity contribution in [1.29, 1.82) is 0 Å². The van der Waals surface area contributed by atoms with Crippen LogP contribution in [0.2, 0.25) is 0 Å². The van der Waals surface area contributed by atoms with Gasteiger partial charge in [-0.3, -0.25) is 4.79 Å². The molecule has 0 bridgehead atoms. The smallest absolute Gasteiger partial charge is 0.276 e. The average Bonchev–Trinajstić information content (AvgIpc) is 3.17. The summed E-state index contributed by atoms with van der Waals surface area (Å²) in [5.41, 5.74) is 1.86. The van der Waals surface area contributed by atoms with Crippen molar-refractivity contribution in [3.8, 4) is 5.75 Å². The highest BCUT2D eigenvalue weighted by Gasteiger charge is 2.15. The maximum atomic E-state index is 12.8. The maximum absolute atomic E-state index is 12.8. The molecule has 10 heteroatoms. The van der Waals surface area contributed by atoms with Gasteiger partial charge < -0.3 is 15.4 Å². The number of hydrogen-bond donors (Lipinski definition) is 2. The predicted octanol–water partition coefficient (Wildman–Crippen LogP) is 3.14. The molecule has 31 heavy (non-hydrogen) atoms. The number of anilines is 3. The molecule has 158 valence electrons. The summed E-state index contributed by atoms with van der Waals surface area (Å²) in [7, 11) is -1.79. The van der Waals surface area contributed by atoms with Crippen LogP contribution < -0.4 is 15.4 Å². The van der Waals surface area contributed by atoms with Gasteiger partial charge in [-0.1, -0.05) is 6.07 Å². The van der Waals surface area contributed by atoms with E-state index in [4.69, 9.17) is 4.74 Å². The SMILES string of the molecule is COc1ccc(Nc2ccc3ncc(C(=O)Nc4cccc(S(C)(=O)=O)c4)n3n2)cc1. The highest BCUT2D eigenvalue weighted by molar-refractivity contribution is 7.90. The molecule has 0 saturated carbocycles. The van der Waals surface area contributed by atoms with Crippen LogP contribution in [0.4, 0.5) is 17.2 Å². The second-order valence-corrected chi connectivity index (χ2v) is 8.76. The summed E-state index contributed by atoms with van der Waals surface area (Å²) in [6, 6.07) is 16.9. The maximum Gasteiger partial charge on any atom is 0.276 e. The molecule has 0 saturated heterocycles. The first-order valence-electron chi connectivity index (χ1n) is 9.21. The Morgan fingerprint density at radius 2 is 1.81 bits per heavy atom. The molecule has 0 radical (unpaired) electrons. The fourth-order valence-electron chi connectivity index (χ4n) is 2.92. The number of nitrogens with one attached hydrogen (secondary N) is 2. The first-order chi connectivity index (χ1) is 14.8. The highest BCUT2D eigenvalue weighted by atomic mass is 32.2. The van der Waals surface area contributed by atoms with E-state index in [1.165, 1.54) is 22.8 Å². The molecule has 2 aromatic heterocycles. The van der Waals surface area contributed by atoms with E-state index in [2.05, 4.69) is 20.7 Å². The van der Waals surface area contributed by atoms with Crippen molar-refractivity contribution in [2.24, 2.45) is 0 Å². The number of aromatic nitrogens is 3. The third kappa shape index (κ3) is 4.48. The highest BCUT2D eigenvalue weighted by Crippen LogP contribution is 2.20. The summed E-state index contributed by atoms with van der Waals surface area (Å²) in [6.45, 7) is 0. The average molecular weight is 437 g/mol. The standard InChI is InChI=1S/C21H19N5O4S/c1-30-16-8-6-14(7-9-16)23-19-10-11-20-22-13-18(26(20)25-19)21(27)24-15-4-3-5-17(12-15)31(2,28)29/h3-13H,1-2H3,(H,23,25)(H,24,27). The molecule has 4 rings (SSSR count). The number of carbonyl (C=O) groups is 1. The first-order valence-corrected chi connectivity index (χ1v) is 11.1. The molecule has 2 aromatic carbocycles. The number of methoxy groups -OCH3 is 1. The Bertz CT molecular complexity index is 1360. The number of hydrogen-bond acceptors (Lipinski definition) is 7. The minimum atomic E-state index is -3.39. The quantitative estimate of drug-likeness (QED) is 0.476. The molecule has 0 aliphatic rings. The van der Waals surface area contributed by atoms with Crippen LogP contribution in [-0.2, 0) is 9.84 Å². The lowest BCUT2D eigenvalue weighted by Crippen LogP contribution is -2.16.